The first-order valence-electron chi connectivity index (χ1n) is 5.33. The second-order valence-corrected chi connectivity index (χ2v) is 3.92. The Morgan fingerprint density at radius 3 is 2.08 bits per heavy atom. The lowest BCUT2D eigenvalue weighted by Gasteiger charge is -2.19. The fourth-order valence-corrected chi connectivity index (χ4v) is 1.19. The molecule has 3 heteroatoms. The van der Waals surface area contributed by atoms with Crippen molar-refractivity contribution >= 4 is 7.85 Å². The van der Waals surface area contributed by atoms with Crippen LogP contribution in [0.5, 0.6) is 0 Å². The molecule has 0 aromatic rings. The van der Waals surface area contributed by atoms with Crippen LogP contribution in [0, 0.1) is 0 Å². The van der Waals surface area contributed by atoms with Crippen LogP contribution in [-0.2, 0) is 9.47 Å². The van der Waals surface area contributed by atoms with Crippen LogP contribution in [0.2, 0.25) is 6.32 Å². The molecule has 0 saturated heterocycles. The molecule has 0 aromatic carbocycles. The molecule has 1 atom stereocenters. The van der Waals surface area contributed by atoms with Gasteiger partial charge in [-0.3, -0.25) is 0 Å². The Balaban J connectivity index is 3.48. The van der Waals surface area contributed by atoms with E-state index in [9.17, 15) is 0 Å². The third kappa shape index (κ3) is 8.32. The molecule has 0 spiro atoms. The maximum absolute atomic E-state index is 5.70. The Kier molecular flexibility index (Phi) is 7.39. The van der Waals surface area contributed by atoms with E-state index in [1.54, 1.807) is 0 Å². The summed E-state index contributed by atoms with van der Waals surface area (Å²) in [6, 6.07) is 0. The van der Waals surface area contributed by atoms with E-state index in [0.717, 1.165) is 19.3 Å². The van der Waals surface area contributed by atoms with Gasteiger partial charge in [-0.05, 0) is 34.1 Å². The highest BCUT2D eigenvalue weighted by Gasteiger charge is 2.08. The van der Waals surface area contributed by atoms with E-state index >= 15 is 0 Å². The van der Waals surface area contributed by atoms with Gasteiger partial charge in [0.1, 0.15) is 7.85 Å². The van der Waals surface area contributed by atoms with Crippen molar-refractivity contribution in [3.63, 3.8) is 0 Å². The number of hydrogen-bond acceptors (Lipinski definition) is 2. The van der Waals surface area contributed by atoms with Crippen molar-refractivity contribution in [2.45, 2.75) is 58.7 Å². The molecular formula is C10H23BO2. The largest absolute Gasteiger partial charge is 0.379 e. The van der Waals surface area contributed by atoms with Crippen molar-refractivity contribution in [3.8, 4) is 0 Å². The van der Waals surface area contributed by atoms with E-state index in [1.165, 1.54) is 0 Å². The van der Waals surface area contributed by atoms with E-state index in [1.807, 2.05) is 0 Å². The van der Waals surface area contributed by atoms with E-state index < -0.39 is 0 Å². The third-order valence-electron chi connectivity index (χ3n) is 1.81. The van der Waals surface area contributed by atoms with E-state index in [-0.39, 0.29) is 0 Å². The minimum Gasteiger partial charge on any atom is -0.379 e. The SMILES string of the molecule is BCC(CCOC(C)C)OC(C)C. The summed E-state index contributed by atoms with van der Waals surface area (Å²) in [5.74, 6) is 0. The second kappa shape index (κ2) is 7.39. The van der Waals surface area contributed by atoms with Crippen molar-refractivity contribution in [2.24, 2.45) is 0 Å². The van der Waals surface area contributed by atoms with Gasteiger partial charge in [-0.25, -0.2) is 0 Å². The van der Waals surface area contributed by atoms with Crippen LogP contribution in [0.3, 0.4) is 0 Å². The molecule has 0 amide bonds. The lowest BCUT2D eigenvalue weighted by atomic mass is 9.97. The molecule has 0 N–H and O–H groups in total. The van der Waals surface area contributed by atoms with Crippen LogP contribution >= 0.6 is 0 Å². The van der Waals surface area contributed by atoms with Crippen LogP contribution in [0.25, 0.3) is 0 Å². The normalized spacial score (nSPS) is 14.0. The molecule has 0 rings (SSSR count). The molecule has 0 fully saturated rings. The molecule has 78 valence electrons. The zero-order chi connectivity index (χ0) is 10.3. The van der Waals surface area contributed by atoms with Crippen LogP contribution in [0.4, 0.5) is 0 Å². The van der Waals surface area contributed by atoms with Gasteiger partial charge in [0.2, 0.25) is 0 Å². The highest BCUT2D eigenvalue weighted by Crippen LogP contribution is 2.07. The van der Waals surface area contributed by atoms with Gasteiger partial charge in [0, 0.05) is 6.61 Å². The second-order valence-electron chi connectivity index (χ2n) is 3.92. The summed E-state index contributed by atoms with van der Waals surface area (Å²) in [5.41, 5.74) is 0. The highest BCUT2D eigenvalue weighted by molar-refractivity contribution is 6.08. The van der Waals surface area contributed by atoms with Crippen molar-refractivity contribution in [3.05, 3.63) is 0 Å². The maximum atomic E-state index is 5.70. The van der Waals surface area contributed by atoms with E-state index in [0.29, 0.717) is 18.3 Å². The Labute approximate surface area is 83.4 Å². The molecule has 2 nitrogen and oxygen atoms in total. The summed E-state index contributed by atoms with van der Waals surface area (Å²) in [7, 11) is 2.16. The maximum Gasteiger partial charge on any atom is 0.104 e. The molecule has 1 unspecified atom stereocenters. The summed E-state index contributed by atoms with van der Waals surface area (Å²) in [4.78, 5) is 0. The summed E-state index contributed by atoms with van der Waals surface area (Å²) >= 11 is 0. The fraction of sp³-hybridized carbons (Fsp3) is 1.00. The van der Waals surface area contributed by atoms with Gasteiger partial charge in [0.05, 0.1) is 18.3 Å². The average Bonchev–Trinajstić information content (AvgIpc) is 2.01. The Morgan fingerprint density at radius 2 is 1.69 bits per heavy atom. The van der Waals surface area contributed by atoms with Gasteiger partial charge in [-0.15, -0.1) is 0 Å². The van der Waals surface area contributed by atoms with Gasteiger partial charge in [-0.1, -0.05) is 6.32 Å². The Bertz CT molecular complexity index is 115. The molecule has 0 saturated carbocycles. The Hall–Kier alpha value is -0.0151. The molecule has 0 aliphatic carbocycles. The standard InChI is InChI=1S/C10H23BO2/c1-8(2)12-6-5-10(7-11)13-9(3)4/h8-10H,5-7,11H2,1-4H3. The van der Waals surface area contributed by atoms with E-state index in [4.69, 9.17) is 9.47 Å². The van der Waals surface area contributed by atoms with Crippen molar-refractivity contribution in [1.82, 2.24) is 0 Å². The minimum atomic E-state index is 0.323. The quantitative estimate of drug-likeness (QED) is 0.563. The zero-order valence-corrected chi connectivity index (χ0v) is 9.67. The van der Waals surface area contributed by atoms with E-state index in [2.05, 4.69) is 35.5 Å². The first kappa shape index (κ1) is 13.0. The number of ether oxygens (including phenoxy) is 2. The highest BCUT2D eigenvalue weighted by atomic mass is 16.5. The molecule has 0 radical (unpaired) electrons. The van der Waals surface area contributed by atoms with Gasteiger partial charge >= 0.3 is 0 Å². The third-order valence-corrected chi connectivity index (χ3v) is 1.81. The molecule has 0 aliphatic rings. The molecule has 13 heavy (non-hydrogen) atoms. The topological polar surface area (TPSA) is 18.5 Å². The number of hydrogen-bond donors (Lipinski definition) is 0. The van der Waals surface area contributed by atoms with Crippen molar-refractivity contribution < 1.29 is 9.47 Å². The van der Waals surface area contributed by atoms with Crippen molar-refractivity contribution in [2.75, 3.05) is 6.61 Å². The van der Waals surface area contributed by atoms with Crippen LogP contribution in [0.15, 0.2) is 0 Å². The minimum absolute atomic E-state index is 0.323. The lowest BCUT2D eigenvalue weighted by molar-refractivity contribution is -0.0114. The van der Waals surface area contributed by atoms with Crippen LogP contribution in [0.1, 0.15) is 34.1 Å². The van der Waals surface area contributed by atoms with Gasteiger partial charge in [-0.2, -0.15) is 0 Å². The molecular weight excluding hydrogens is 163 g/mol. The predicted octanol–water partition coefficient (Wildman–Crippen LogP) is 1.65. The first-order chi connectivity index (χ1) is 6.06. The monoisotopic (exact) mass is 186 g/mol. The summed E-state index contributed by atoms with van der Waals surface area (Å²) in [6.07, 6.45) is 3.09. The number of rotatable bonds is 7. The Morgan fingerprint density at radius 1 is 1.08 bits per heavy atom. The molecule has 0 aliphatic heterocycles. The fourth-order valence-electron chi connectivity index (χ4n) is 1.19. The average molecular weight is 186 g/mol. The van der Waals surface area contributed by atoms with Crippen LogP contribution in [-0.4, -0.2) is 32.8 Å². The van der Waals surface area contributed by atoms with Gasteiger partial charge in [0.15, 0.2) is 0 Å². The smallest absolute Gasteiger partial charge is 0.104 e. The molecule has 0 bridgehead atoms. The van der Waals surface area contributed by atoms with Crippen LogP contribution < -0.4 is 0 Å². The lowest BCUT2D eigenvalue weighted by Crippen LogP contribution is -2.20. The van der Waals surface area contributed by atoms with Crippen molar-refractivity contribution in [1.29, 1.82) is 0 Å². The zero-order valence-electron chi connectivity index (χ0n) is 9.67. The first-order valence-corrected chi connectivity index (χ1v) is 5.33. The summed E-state index contributed by atoms with van der Waals surface area (Å²) in [6.45, 7) is 9.08. The van der Waals surface area contributed by atoms with Gasteiger partial charge in [0.25, 0.3) is 0 Å². The molecule has 0 heterocycles. The van der Waals surface area contributed by atoms with Gasteiger partial charge < -0.3 is 9.47 Å². The summed E-state index contributed by atoms with van der Waals surface area (Å²) < 4.78 is 11.2. The predicted molar refractivity (Wildman–Crippen MR) is 59.1 cm³/mol. The summed E-state index contributed by atoms with van der Waals surface area (Å²) in [5, 5.41) is 0. The molecule has 0 aromatic heterocycles.